The summed E-state index contributed by atoms with van der Waals surface area (Å²) in [5.74, 6) is 0.275. The van der Waals surface area contributed by atoms with Crippen molar-refractivity contribution in [2.45, 2.75) is 26.3 Å². The number of rotatable bonds is 3. The number of benzene rings is 1. The Bertz CT molecular complexity index is 971. The van der Waals surface area contributed by atoms with Crippen LogP contribution in [0, 0.1) is 12.8 Å². The van der Waals surface area contributed by atoms with Gasteiger partial charge in [-0.25, -0.2) is 4.68 Å². The van der Waals surface area contributed by atoms with E-state index in [4.69, 9.17) is 5.73 Å². The second kappa shape index (κ2) is 8.86. The van der Waals surface area contributed by atoms with Crippen molar-refractivity contribution >= 4 is 41.6 Å². The molecular weight excluding hydrogens is 399 g/mol. The summed E-state index contributed by atoms with van der Waals surface area (Å²) in [5.41, 5.74) is 8.55. The fraction of sp³-hybridized carbons (Fsp3) is 0.368. The van der Waals surface area contributed by atoms with Gasteiger partial charge in [-0.2, -0.15) is 0 Å². The van der Waals surface area contributed by atoms with E-state index in [1.54, 1.807) is 10.9 Å². The predicted molar refractivity (Wildman–Crippen MR) is 114 cm³/mol. The van der Waals surface area contributed by atoms with Gasteiger partial charge in [0, 0.05) is 24.2 Å². The fourth-order valence-electron chi connectivity index (χ4n) is 3.75. The summed E-state index contributed by atoms with van der Waals surface area (Å²) in [6, 6.07) is 9.97. The second-order valence-electron chi connectivity index (χ2n) is 6.93. The number of pyridine rings is 1. The van der Waals surface area contributed by atoms with E-state index in [1.165, 1.54) is 0 Å². The number of fused-ring (bicyclic) bond motifs is 1. The highest BCUT2D eigenvalue weighted by Gasteiger charge is 2.34. The van der Waals surface area contributed by atoms with Crippen molar-refractivity contribution in [3.8, 4) is 5.69 Å². The van der Waals surface area contributed by atoms with E-state index in [0.29, 0.717) is 24.7 Å². The molecule has 3 aromatic rings. The van der Waals surface area contributed by atoms with E-state index in [2.05, 4.69) is 22.2 Å². The van der Waals surface area contributed by atoms with Crippen LogP contribution in [-0.4, -0.2) is 49.9 Å². The van der Waals surface area contributed by atoms with Crippen LogP contribution in [0.15, 0.2) is 36.5 Å². The first kappa shape index (κ1) is 22.1. The lowest BCUT2D eigenvalue weighted by Crippen LogP contribution is -2.35. The van der Waals surface area contributed by atoms with Crippen LogP contribution < -0.4 is 5.73 Å². The van der Waals surface area contributed by atoms with E-state index < -0.39 is 0 Å². The number of nitrogens with two attached hydrogens (primary N) is 1. The Morgan fingerprint density at radius 3 is 2.71 bits per heavy atom. The zero-order valence-electron chi connectivity index (χ0n) is 15.8. The molecule has 0 aliphatic carbocycles. The molecule has 9 heteroatoms. The highest BCUT2D eigenvalue weighted by atomic mass is 35.5. The number of likely N-dealkylation sites (tertiary alicyclic amines) is 1. The van der Waals surface area contributed by atoms with Crippen molar-refractivity contribution in [1.29, 1.82) is 0 Å². The SMILES string of the molecule is Cc1c(C(=O)N2CC(CN)CC2C)nnn1-c1cccc2cccnc12.Cl.Cl. The first-order chi connectivity index (χ1) is 12.6. The van der Waals surface area contributed by atoms with Gasteiger partial charge in [0.25, 0.3) is 5.91 Å². The van der Waals surface area contributed by atoms with Crippen LogP contribution in [0.3, 0.4) is 0 Å². The molecule has 1 saturated heterocycles. The summed E-state index contributed by atoms with van der Waals surface area (Å²) in [4.78, 5) is 19.3. The molecule has 1 aliphatic heterocycles. The lowest BCUT2D eigenvalue weighted by Gasteiger charge is -2.20. The maximum absolute atomic E-state index is 13.0. The van der Waals surface area contributed by atoms with Gasteiger partial charge in [-0.15, -0.1) is 29.9 Å². The molecule has 7 nitrogen and oxygen atoms in total. The van der Waals surface area contributed by atoms with Crippen LogP contribution >= 0.6 is 24.8 Å². The highest BCUT2D eigenvalue weighted by molar-refractivity contribution is 5.94. The molecule has 3 heterocycles. The fourth-order valence-corrected chi connectivity index (χ4v) is 3.75. The molecule has 1 aliphatic rings. The van der Waals surface area contributed by atoms with E-state index in [1.807, 2.05) is 42.2 Å². The van der Waals surface area contributed by atoms with Gasteiger partial charge >= 0.3 is 0 Å². The molecule has 2 aromatic heterocycles. The Kier molecular flexibility index (Phi) is 6.98. The molecular formula is C19H24Cl2N6O. The highest BCUT2D eigenvalue weighted by Crippen LogP contribution is 2.26. The average Bonchev–Trinajstić information content (AvgIpc) is 3.23. The third-order valence-electron chi connectivity index (χ3n) is 5.19. The number of hydrogen-bond acceptors (Lipinski definition) is 5. The number of nitrogens with zero attached hydrogens (tertiary/aromatic N) is 5. The first-order valence-electron chi connectivity index (χ1n) is 8.87. The minimum Gasteiger partial charge on any atom is -0.334 e. The quantitative estimate of drug-likeness (QED) is 0.700. The van der Waals surface area contributed by atoms with Crippen molar-refractivity contribution in [2.75, 3.05) is 13.1 Å². The molecule has 28 heavy (non-hydrogen) atoms. The van der Waals surface area contributed by atoms with Crippen LogP contribution in [0.2, 0.25) is 0 Å². The number of carbonyl (C=O) groups is 1. The summed E-state index contributed by atoms with van der Waals surface area (Å²) < 4.78 is 1.70. The van der Waals surface area contributed by atoms with Crippen molar-refractivity contribution in [3.63, 3.8) is 0 Å². The smallest absolute Gasteiger partial charge is 0.276 e. The molecule has 2 N–H and O–H groups in total. The Labute approximate surface area is 176 Å². The van der Waals surface area contributed by atoms with E-state index >= 15 is 0 Å². The number of amides is 1. The first-order valence-corrected chi connectivity index (χ1v) is 8.87. The van der Waals surface area contributed by atoms with Crippen molar-refractivity contribution in [1.82, 2.24) is 24.9 Å². The average molecular weight is 423 g/mol. The maximum atomic E-state index is 13.0. The number of halogens is 2. The number of carbonyl (C=O) groups excluding carboxylic acids is 1. The minimum atomic E-state index is -0.0783. The molecule has 0 bridgehead atoms. The van der Waals surface area contributed by atoms with Gasteiger partial charge < -0.3 is 10.6 Å². The van der Waals surface area contributed by atoms with Gasteiger partial charge in [-0.3, -0.25) is 9.78 Å². The van der Waals surface area contributed by atoms with E-state index in [9.17, 15) is 4.79 Å². The van der Waals surface area contributed by atoms with Crippen LogP contribution in [0.25, 0.3) is 16.6 Å². The minimum absolute atomic E-state index is 0. The second-order valence-corrected chi connectivity index (χ2v) is 6.93. The number of aromatic nitrogens is 4. The predicted octanol–water partition coefficient (Wildman–Crippen LogP) is 2.78. The molecule has 150 valence electrons. The zero-order chi connectivity index (χ0) is 18.3. The third kappa shape index (κ3) is 3.70. The Hall–Kier alpha value is -2.22. The van der Waals surface area contributed by atoms with Gasteiger partial charge in [0.05, 0.1) is 16.9 Å². The summed E-state index contributed by atoms with van der Waals surface area (Å²) in [6.07, 6.45) is 2.69. The van der Waals surface area contributed by atoms with Gasteiger partial charge in [0.15, 0.2) is 5.69 Å². The molecule has 2 atom stereocenters. The van der Waals surface area contributed by atoms with Gasteiger partial charge in [0.1, 0.15) is 0 Å². The lowest BCUT2D eigenvalue weighted by atomic mass is 10.1. The molecule has 0 saturated carbocycles. The van der Waals surface area contributed by atoms with Crippen LogP contribution in [-0.2, 0) is 0 Å². The van der Waals surface area contributed by atoms with E-state index in [-0.39, 0.29) is 36.8 Å². The summed E-state index contributed by atoms with van der Waals surface area (Å²) in [5, 5.41) is 9.46. The summed E-state index contributed by atoms with van der Waals surface area (Å²) in [7, 11) is 0. The van der Waals surface area contributed by atoms with Crippen molar-refractivity contribution < 1.29 is 4.79 Å². The third-order valence-corrected chi connectivity index (χ3v) is 5.19. The molecule has 0 radical (unpaired) electrons. The van der Waals surface area contributed by atoms with Crippen LogP contribution in [0.4, 0.5) is 0 Å². The Morgan fingerprint density at radius 2 is 2.00 bits per heavy atom. The number of para-hydroxylation sites is 1. The molecule has 1 amide bonds. The zero-order valence-corrected chi connectivity index (χ0v) is 17.4. The molecule has 4 rings (SSSR count). The summed E-state index contributed by atoms with van der Waals surface area (Å²) in [6.45, 7) is 5.21. The van der Waals surface area contributed by atoms with Crippen molar-refractivity contribution in [3.05, 3.63) is 47.9 Å². The van der Waals surface area contributed by atoms with E-state index in [0.717, 1.165) is 28.7 Å². The standard InChI is InChI=1S/C19H22N6O.2ClH/c1-12-9-14(10-20)11-24(12)19(26)17-13(2)25(23-22-17)16-7-3-5-15-6-4-8-21-18(15)16;;/h3-8,12,14H,9-11,20H2,1-2H3;2*1H. The molecule has 1 aromatic carbocycles. The van der Waals surface area contributed by atoms with Gasteiger partial charge in [-0.05, 0) is 44.9 Å². The topological polar surface area (TPSA) is 89.9 Å². The lowest BCUT2D eigenvalue weighted by molar-refractivity contribution is 0.0736. The monoisotopic (exact) mass is 422 g/mol. The van der Waals surface area contributed by atoms with Gasteiger partial charge in [0.2, 0.25) is 0 Å². The molecule has 1 fully saturated rings. The largest absolute Gasteiger partial charge is 0.334 e. The maximum Gasteiger partial charge on any atom is 0.276 e. The van der Waals surface area contributed by atoms with Crippen LogP contribution in [0.5, 0.6) is 0 Å². The number of hydrogen-bond donors (Lipinski definition) is 1. The Morgan fingerprint density at radius 1 is 1.25 bits per heavy atom. The molecule has 2 unspecified atom stereocenters. The Balaban J connectivity index is 0.00000140. The van der Waals surface area contributed by atoms with Crippen LogP contribution in [0.1, 0.15) is 29.5 Å². The normalized spacial score (nSPS) is 18.6. The summed E-state index contributed by atoms with van der Waals surface area (Å²) >= 11 is 0. The van der Waals surface area contributed by atoms with Gasteiger partial charge in [-0.1, -0.05) is 23.4 Å². The molecule has 0 spiro atoms. The van der Waals surface area contributed by atoms with Crippen molar-refractivity contribution in [2.24, 2.45) is 11.7 Å².